The Kier molecular flexibility index (Phi) is 24.6. The molecule has 0 saturated heterocycles. The van der Waals surface area contributed by atoms with Crippen LogP contribution >= 0.6 is 0 Å². The Balaban J connectivity index is 3.26. The maximum atomic E-state index is 11.8. The first-order chi connectivity index (χ1) is 15.2. The van der Waals surface area contributed by atoms with Crippen molar-refractivity contribution >= 4 is 11.8 Å². The van der Waals surface area contributed by atoms with Crippen molar-refractivity contribution < 1.29 is 19.4 Å². The van der Waals surface area contributed by atoms with Crippen LogP contribution in [0.3, 0.4) is 0 Å². The number of carbonyl (C=O) groups excluding carboxylic acids is 2. The fraction of sp³-hybridized carbons (Fsp3) is 0.926. The molecule has 0 aromatic carbocycles. The number of ether oxygens (including phenoxy) is 1. The van der Waals surface area contributed by atoms with E-state index in [2.05, 4.69) is 6.92 Å². The second kappa shape index (κ2) is 25.4. The lowest BCUT2D eigenvalue weighted by Crippen LogP contribution is -2.17. The highest BCUT2D eigenvalue weighted by atomic mass is 16.5. The van der Waals surface area contributed by atoms with Gasteiger partial charge >= 0.3 is 5.97 Å². The molecule has 0 radical (unpaired) electrons. The van der Waals surface area contributed by atoms with E-state index in [0.29, 0.717) is 19.6 Å². The summed E-state index contributed by atoms with van der Waals surface area (Å²) in [5.74, 6) is -0.974. The van der Waals surface area contributed by atoms with E-state index in [1.165, 1.54) is 96.3 Å². The third-order valence-electron chi connectivity index (χ3n) is 6.02. The monoisotopic (exact) mass is 440 g/mol. The zero-order valence-electron chi connectivity index (χ0n) is 20.6. The van der Waals surface area contributed by atoms with Crippen molar-refractivity contribution in [3.63, 3.8) is 0 Å². The fourth-order valence-electron chi connectivity index (χ4n) is 3.93. The highest BCUT2D eigenvalue weighted by molar-refractivity contribution is 6.33. The second-order valence-electron chi connectivity index (χ2n) is 9.10. The van der Waals surface area contributed by atoms with Crippen LogP contribution in [0.2, 0.25) is 0 Å². The molecule has 0 aromatic heterocycles. The van der Waals surface area contributed by atoms with E-state index in [0.717, 1.165) is 38.5 Å². The molecule has 0 saturated carbocycles. The number of carbonyl (C=O) groups is 2. The maximum Gasteiger partial charge on any atom is 0.374 e. The van der Waals surface area contributed by atoms with Crippen LogP contribution in [0.15, 0.2) is 0 Å². The molecule has 0 aliphatic heterocycles. The van der Waals surface area contributed by atoms with E-state index in [9.17, 15) is 9.59 Å². The van der Waals surface area contributed by atoms with Crippen LogP contribution < -0.4 is 0 Å². The first kappa shape index (κ1) is 30.1. The standard InChI is InChI=1S/C27H52O4/c1-2-3-4-5-19-22-25-31-27(30)26(29)23-20-17-15-13-11-9-7-6-8-10-12-14-16-18-21-24-28/h28H,2-25H2,1H3. The number of aliphatic hydroxyl groups excluding tert-OH is 1. The Morgan fingerprint density at radius 3 is 1.39 bits per heavy atom. The van der Waals surface area contributed by atoms with Crippen LogP contribution in [-0.2, 0) is 14.3 Å². The molecule has 1 N–H and O–H groups in total. The van der Waals surface area contributed by atoms with Gasteiger partial charge in [-0.2, -0.15) is 0 Å². The summed E-state index contributed by atoms with van der Waals surface area (Å²) in [6.07, 6.45) is 25.6. The molecule has 0 heterocycles. The van der Waals surface area contributed by atoms with Crippen molar-refractivity contribution in [2.45, 2.75) is 148 Å². The van der Waals surface area contributed by atoms with Crippen molar-refractivity contribution in [2.75, 3.05) is 13.2 Å². The van der Waals surface area contributed by atoms with Crippen LogP contribution in [0.1, 0.15) is 148 Å². The summed E-state index contributed by atoms with van der Waals surface area (Å²) in [7, 11) is 0. The average Bonchev–Trinajstić information content (AvgIpc) is 2.77. The fourth-order valence-corrected chi connectivity index (χ4v) is 3.93. The minimum Gasteiger partial charge on any atom is -0.460 e. The van der Waals surface area contributed by atoms with Gasteiger partial charge in [0.05, 0.1) is 6.61 Å². The van der Waals surface area contributed by atoms with Crippen LogP contribution in [-0.4, -0.2) is 30.1 Å². The maximum absolute atomic E-state index is 11.8. The Morgan fingerprint density at radius 1 is 0.548 bits per heavy atom. The molecule has 0 aliphatic carbocycles. The molecule has 0 fully saturated rings. The lowest BCUT2D eigenvalue weighted by atomic mass is 10.0. The molecule has 0 aliphatic rings. The van der Waals surface area contributed by atoms with E-state index in [1.807, 2.05) is 0 Å². The first-order valence-electron chi connectivity index (χ1n) is 13.5. The molecule has 0 unspecified atom stereocenters. The van der Waals surface area contributed by atoms with Crippen LogP contribution in [0.25, 0.3) is 0 Å². The van der Waals surface area contributed by atoms with Crippen molar-refractivity contribution in [3.8, 4) is 0 Å². The molecule has 0 rings (SSSR count). The Morgan fingerprint density at radius 2 is 0.935 bits per heavy atom. The van der Waals surface area contributed by atoms with E-state index < -0.39 is 5.97 Å². The predicted octanol–water partition coefficient (Wildman–Crippen LogP) is 7.69. The minimum atomic E-state index is -0.626. The van der Waals surface area contributed by atoms with Gasteiger partial charge in [-0.3, -0.25) is 4.79 Å². The van der Waals surface area contributed by atoms with Gasteiger partial charge in [-0.25, -0.2) is 4.79 Å². The topological polar surface area (TPSA) is 63.6 Å². The molecule has 4 heteroatoms. The number of aliphatic hydroxyl groups is 1. The average molecular weight is 441 g/mol. The number of esters is 1. The molecule has 4 nitrogen and oxygen atoms in total. The summed E-state index contributed by atoms with van der Waals surface area (Å²) < 4.78 is 5.09. The van der Waals surface area contributed by atoms with Gasteiger partial charge in [-0.1, -0.05) is 122 Å². The number of unbranched alkanes of at least 4 members (excludes halogenated alkanes) is 19. The Bertz CT molecular complexity index is 395. The first-order valence-corrected chi connectivity index (χ1v) is 13.5. The molecular formula is C27H52O4. The largest absolute Gasteiger partial charge is 0.460 e. The number of hydrogen-bond acceptors (Lipinski definition) is 4. The van der Waals surface area contributed by atoms with Gasteiger partial charge < -0.3 is 9.84 Å². The summed E-state index contributed by atoms with van der Waals surface area (Å²) in [6.45, 7) is 2.93. The summed E-state index contributed by atoms with van der Waals surface area (Å²) in [5.41, 5.74) is 0. The summed E-state index contributed by atoms with van der Waals surface area (Å²) in [6, 6.07) is 0. The van der Waals surface area contributed by atoms with E-state index >= 15 is 0 Å². The van der Waals surface area contributed by atoms with Crippen LogP contribution in [0.5, 0.6) is 0 Å². The number of ketones is 1. The normalized spacial score (nSPS) is 11.0. The van der Waals surface area contributed by atoms with Gasteiger partial charge in [0.15, 0.2) is 0 Å². The highest BCUT2D eigenvalue weighted by Crippen LogP contribution is 2.14. The SMILES string of the molecule is CCCCCCCCOC(=O)C(=O)CCCCCCCCCCCCCCCCCO. The molecule has 0 spiro atoms. The van der Waals surface area contributed by atoms with Crippen molar-refractivity contribution in [1.82, 2.24) is 0 Å². The molecule has 0 bridgehead atoms. The zero-order chi connectivity index (χ0) is 22.8. The lowest BCUT2D eigenvalue weighted by Gasteiger charge is -2.05. The summed E-state index contributed by atoms with van der Waals surface area (Å²) in [4.78, 5) is 23.5. The lowest BCUT2D eigenvalue weighted by molar-refractivity contribution is -0.154. The van der Waals surface area contributed by atoms with E-state index in [4.69, 9.17) is 9.84 Å². The molecule has 0 amide bonds. The third kappa shape index (κ3) is 23.6. The van der Waals surface area contributed by atoms with E-state index in [1.54, 1.807) is 0 Å². The van der Waals surface area contributed by atoms with Gasteiger partial charge in [-0.05, 0) is 19.3 Å². The molecule has 31 heavy (non-hydrogen) atoms. The molecule has 184 valence electrons. The zero-order valence-corrected chi connectivity index (χ0v) is 20.6. The second-order valence-corrected chi connectivity index (χ2v) is 9.10. The highest BCUT2D eigenvalue weighted by Gasteiger charge is 2.14. The minimum absolute atomic E-state index is 0.339. The van der Waals surface area contributed by atoms with Gasteiger partial charge in [-0.15, -0.1) is 0 Å². The summed E-state index contributed by atoms with van der Waals surface area (Å²) in [5, 5.41) is 8.74. The smallest absolute Gasteiger partial charge is 0.374 e. The quantitative estimate of drug-likeness (QED) is 0.0897. The number of rotatable bonds is 25. The third-order valence-corrected chi connectivity index (χ3v) is 6.02. The van der Waals surface area contributed by atoms with Crippen LogP contribution in [0.4, 0.5) is 0 Å². The number of Topliss-reactive ketones (excluding diaryl/α,β-unsaturated/α-hetero) is 1. The van der Waals surface area contributed by atoms with Crippen molar-refractivity contribution in [2.24, 2.45) is 0 Å². The molecule has 0 atom stereocenters. The molecular weight excluding hydrogens is 388 g/mol. The van der Waals surface area contributed by atoms with Crippen molar-refractivity contribution in [3.05, 3.63) is 0 Å². The molecule has 0 aromatic rings. The number of hydrogen-bond donors (Lipinski definition) is 1. The Hall–Kier alpha value is -0.900. The predicted molar refractivity (Wildman–Crippen MR) is 130 cm³/mol. The van der Waals surface area contributed by atoms with Crippen LogP contribution in [0, 0.1) is 0 Å². The summed E-state index contributed by atoms with van der Waals surface area (Å²) >= 11 is 0. The van der Waals surface area contributed by atoms with Gasteiger partial charge in [0, 0.05) is 13.0 Å². The van der Waals surface area contributed by atoms with Gasteiger partial charge in [0.25, 0.3) is 0 Å². The van der Waals surface area contributed by atoms with E-state index in [-0.39, 0.29) is 5.78 Å². The van der Waals surface area contributed by atoms with Gasteiger partial charge in [0.1, 0.15) is 0 Å². The van der Waals surface area contributed by atoms with Gasteiger partial charge in [0.2, 0.25) is 5.78 Å². The van der Waals surface area contributed by atoms with Crippen molar-refractivity contribution in [1.29, 1.82) is 0 Å². The Labute approximate surface area is 192 Å².